The first-order chi connectivity index (χ1) is 35.7. The molecule has 0 bridgehead atoms. The maximum Gasteiger partial charge on any atom is 0.267 e. The van der Waals surface area contributed by atoms with E-state index in [0.29, 0.717) is 113 Å². The Morgan fingerprint density at radius 3 is 2.50 bits per heavy atom. The van der Waals surface area contributed by atoms with Crippen LogP contribution in [0.4, 0.5) is 21.5 Å². The second-order valence-corrected chi connectivity index (χ2v) is 23.8. The maximum absolute atomic E-state index is 15.8. The standard InChI is InChI=1S/C54H63Cl2FN8O8S/c1-53(2)26-43(35-5-7-37(55)8-6-35)44-30-64-19-18-63(29-39(64)31-69-20-4-22-71-48(44)27-53)38-9-10-42(46(24-38)65-15-3-21-72-52-47(65)23-36-11-14-58-49(36)60-52)50(66)61-74(67,68)41-25-45(56)51(59-28-41)73-34-54(57)12-16-62(17-13-54)40-32-70-33-40/h5-11,14,23-25,28,39-40,48H,3-4,12-13,15-22,26-27,29-34H2,1-2H3,(H,58,60)(H,61,66)/t39-,48?/m0/s1. The van der Waals surface area contributed by atoms with Crippen LogP contribution in [0, 0.1) is 5.41 Å². The van der Waals surface area contributed by atoms with Crippen LogP contribution in [0.2, 0.25) is 10.0 Å². The van der Waals surface area contributed by atoms with Gasteiger partial charge in [-0.05, 0) is 109 Å². The van der Waals surface area contributed by atoms with Gasteiger partial charge in [0.1, 0.15) is 33.5 Å². The molecule has 0 saturated carbocycles. The van der Waals surface area contributed by atoms with Gasteiger partial charge < -0.3 is 38.5 Å². The molecule has 4 fully saturated rings. The third-order valence-corrected chi connectivity index (χ3v) is 17.3. The Morgan fingerprint density at radius 2 is 1.72 bits per heavy atom. The van der Waals surface area contributed by atoms with Crippen LogP contribution in [0.5, 0.6) is 11.8 Å². The van der Waals surface area contributed by atoms with E-state index in [-0.39, 0.29) is 58.4 Å². The van der Waals surface area contributed by atoms with Crippen molar-refractivity contribution in [1.29, 1.82) is 0 Å². The van der Waals surface area contributed by atoms with Gasteiger partial charge in [0.15, 0.2) is 0 Å². The lowest BCUT2D eigenvalue weighted by Gasteiger charge is -2.45. The topological polar surface area (TPSA) is 164 Å². The predicted molar refractivity (Wildman–Crippen MR) is 282 cm³/mol. The highest BCUT2D eigenvalue weighted by atomic mass is 35.5. The van der Waals surface area contributed by atoms with Crippen LogP contribution in [-0.2, 0) is 24.2 Å². The molecule has 16 nitrogen and oxygen atoms in total. The van der Waals surface area contributed by atoms with Crippen molar-refractivity contribution in [2.75, 3.05) is 102 Å². The molecule has 3 aromatic heterocycles. The molecule has 4 saturated heterocycles. The van der Waals surface area contributed by atoms with E-state index in [4.69, 9.17) is 51.9 Å². The zero-order chi connectivity index (χ0) is 51.2. The number of alkyl halides is 1. The van der Waals surface area contributed by atoms with Crippen LogP contribution in [0.1, 0.15) is 68.3 Å². The van der Waals surface area contributed by atoms with Crippen molar-refractivity contribution < 1.29 is 41.3 Å². The molecule has 394 valence electrons. The summed E-state index contributed by atoms with van der Waals surface area (Å²) in [5.41, 5.74) is 5.01. The minimum absolute atomic E-state index is 0.0208. The number of allylic oxidation sites excluding steroid dienone is 1. The average Bonchev–Trinajstić information content (AvgIpc) is 3.71. The lowest BCUT2D eigenvalue weighted by molar-refractivity contribution is -0.0892. The van der Waals surface area contributed by atoms with Crippen molar-refractivity contribution in [1.82, 2.24) is 29.5 Å². The van der Waals surface area contributed by atoms with Crippen LogP contribution in [0.25, 0.3) is 16.6 Å². The lowest BCUT2D eigenvalue weighted by atomic mass is 9.71. The fourth-order valence-corrected chi connectivity index (χ4v) is 12.6. The maximum atomic E-state index is 15.8. The molecule has 11 rings (SSSR count). The van der Waals surface area contributed by atoms with Gasteiger partial charge in [-0.3, -0.25) is 14.6 Å². The number of carbonyl (C=O) groups is 1. The van der Waals surface area contributed by atoms with Crippen molar-refractivity contribution in [3.63, 3.8) is 0 Å². The molecule has 2 atom stereocenters. The van der Waals surface area contributed by atoms with Crippen LogP contribution < -0.4 is 24.0 Å². The first-order valence-corrected chi connectivity index (χ1v) is 28.0. The third kappa shape index (κ3) is 11.0. The van der Waals surface area contributed by atoms with Crippen molar-refractivity contribution >= 4 is 72.8 Å². The molecule has 1 unspecified atom stereocenters. The average molecular weight is 1070 g/mol. The largest absolute Gasteiger partial charge is 0.476 e. The molecule has 6 aliphatic rings. The molecule has 1 amide bonds. The molecular formula is C54H63Cl2FN8O8S. The van der Waals surface area contributed by atoms with Gasteiger partial charge in [-0.15, -0.1) is 0 Å². The quantitative estimate of drug-likeness (QED) is 0.137. The summed E-state index contributed by atoms with van der Waals surface area (Å²) >= 11 is 12.9. The number of carbonyl (C=O) groups excluding carboxylic acids is 1. The fraction of sp³-hybridized carbons (Fsp3) is 0.500. The minimum atomic E-state index is -4.54. The number of likely N-dealkylation sites (tertiary alicyclic amines) is 1. The summed E-state index contributed by atoms with van der Waals surface area (Å²) < 4.78 is 76.6. The Kier molecular flexibility index (Phi) is 14.6. The van der Waals surface area contributed by atoms with E-state index in [0.717, 1.165) is 55.7 Å². The Hall–Kier alpha value is -5.05. The van der Waals surface area contributed by atoms with E-state index in [1.165, 1.54) is 16.7 Å². The van der Waals surface area contributed by atoms with Crippen LogP contribution >= 0.6 is 23.2 Å². The third-order valence-electron chi connectivity index (χ3n) is 15.4. The SMILES string of the molecule is CC1(C)CC(c2ccc(Cl)cc2)=C2CN3CCN(c4ccc(C(=O)NS(=O)(=O)c5cnc(OCC6(F)CCN(C7COC7)CC6)c(Cl)c5)c(N5CCCOc6nc7[nH]ccc7cc65)c4)C[C@H]3COCCCOC2C1. The van der Waals surface area contributed by atoms with Crippen LogP contribution in [-0.4, -0.2) is 155 Å². The van der Waals surface area contributed by atoms with Crippen molar-refractivity contribution in [2.24, 2.45) is 5.41 Å². The molecule has 5 aliphatic heterocycles. The number of rotatable bonds is 10. The van der Waals surface area contributed by atoms with Crippen LogP contribution in [0.15, 0.2) is 83.5 Å². The highest BCUT2D eigenvalue weighted by Crippen LogP contribution is 2.46. The number of ether oxygens (including phenoxy) is 5. The van der Waals surface area contributed by atoms with Gasteiger partial charge in [-0.25, -0.2) is 22.5 Å². The number of nitrogens with one attached hydrogen (secondary N) is 2. The molecule has 20 heteroatoms. The number of piperidine rings is 1. The fourth-order valence-electron chi connectivity index (χ4n) is 11.2. The number of benzene rings is 2. The number of amides is 1. The number of aromatic amines is 1. The number of sulfonamides is 1. The Bertz CT molecular complexity index is 3020. The number of aromatic nitrogens is 3. The molecule has 0 radical (unpaired) electrons. The summed E-state index contributed by atoms with van der Waals surface area (Å²) in [5, 5.41) is 1.42. The molecule has 8 heterocycles. The second-order valence-electron chi connectivity index (χ2n) is 21.3. The zero-order valence-electron chi connectivity index (χ0n) is 41.8. The van der Waals surface area contributed by atoms with E-state index in [2.05, 4.69) is 55.4 Å². The van der Waals surface area contributed by atoms with Crippen molar-refractivity contribution in [2.45, 2.75) is 81.1 Å². The number of anilines is 3. The molecule has 0 spiro atoms. The number of halogens is 3. The van der Waals surface area contributed by atoms with Gasteiger partial charge >= 0.3 is 0 Å². The molecular weight excluding hydrogens is 1010 g/mol. The summed E-state index contributed by atoms with van der Waals surface area (Å²) in [6.45, 7) is 12.2. The first kappa shape index (κ1) is 51.1. The Labute approximate surface area is 441 Å². The molecule has 2 N–H and O–H groups in total. The van der Waals surface area contributed by atoms with Gasteiger partial charge in [-0.2, -0.15) is 4.98 Å². The normalized spacial score (nSPS) is 23.1. The predicted octanol–water partition coefficient (Wildman–Crippen LogP) is 8.46. The Morgan fingerprint density at radius 1 is 0.905 bits per heavy atom. The van der Waals surface area contributed by atoms with Gasteiger partial charge in [0.2, 0.25) is 11.8 Å². The molecule has 5 aromatic rings. The van der Waals surface area contributed by atoms with Crippen molar-refractivity contribution in [3.05, 3.63) is 99.8 Å². The number of hydrogen-bond acceptors (Lipinski definition) is 14. The van der Waals surface area contributed by atoms with Gasteiger partial charge in [0.25, 0.3) is 15.9 Å². The number of piperazine rings is 1. The molecule has 74 heavy (non-hydrogen) atoms. The first-order valence-electron chi connectivity index (χ1n) is 25.7. The van der Waals surface area contributed by atoms with E-state index in [1.807, 2.05) is 41.3 Å². The monoisotopic (exact) mass is 1070 g/mol. The van der Waals surface area contributed by atoms with E-state index in [9.17, 15) is 13.2 Å². The lowest BCUT2D eigenvalue weighted by Crippen LogP contribution is -2.56. The highest BCUT2D eigenvalue weighted by molar-refractivity contribution is 7.90. The summed E-state index contributed by atoms with van der Waals surface area (Å²) in [4.78, 5) is 35.4. The zero-order valence-corrected chi connectivity index (χ0v) is 44.1. The number of nitrogens with zero attached hydrogens (tertiary/aromatic N) is 6. The molecule has 2 aromatic carbocycles. The summed E-state index contributed by atoms with van der Waals surface area (Å²) in [6, 6.07) is 19.1. The van der Waals surface area contributed by atoms with E-state index in [1.54, 1.807) is 12.3 Å². The number of hydrogen-bond donors (Lipinski definition) is 2. The summed E-state index contributed by atoms with van der Waals surface area (Å²) in [6.07, 6.45) is 6.62. The number of H-pyrrole nitrogens is 1. The van der Waals surface area contributed by atoms with Crippen LogP contribution in [0.3, 0.4) is 0 Å². The number of fused-ring (bicyclic) bond motifs is 4. The van der Waals surface area contributed by atoms with E-state index < -0.39 is 21.6 Å². The van der Waals surface area contributed by atoms with E-state index >= 15 is 4.39 Å². The van der Waals surface area contributed by atoms with Crippen molar-refractivity contribution in [3.8, 4) is 11.8 Å². The van der Waals surface area contributed by atoms with Gasteiger partial charge in [-0.1, -0.05) is 49.2 Å². The summed E-state index contributed by atoms with van der Waals surface area (Å²) in [5.74, 6) is -0.566. The highest BCUT2D eigenvalue weighted by Gasteiger charge is 2.41. The van der Waals surface area contributed by atoms with Gasteiger partial charge in [0, 0.05) is 81.3 Å². The molecule has 1 aliphatic carbocycles. The minimum Gasteiger partial charge on any atom is -0.476 e. The summed E-state index contributed by atoms with van der Waals surface area (Å²) in [7, 11) is -4.54. The number of pyridine rings is 2. The second kappa shape index (κ2) is 21.2. The van der Waals surface area contributed by atoms with Gasteiger partial charge in [0.05, 0.1) is 62.1 Å². The smallest absolute Gasteiger partial charge is 0.267 e. The Balaban J connectivity index is 0.868.